The second kappa shape index (κ2) is 10.1. The van der Waals surface area contributed by atoms with E-state index in [4.69, 9.17) is 8.92 Å². The maximum atomic E-state index is 11.8. The molecule has 0 aromatic rings. The van der Waals surface area contributed by atoms with Gasteiger partial charge in [0.1, 0.15) is 0 Å². The van der Waals surface area contributed by atoms with Crippen molar-refractivity contribution in [3.8, 4) is 0 Å². The van der Waals surface area contributed by atoms with Gasteiger partial charge in [-0.05, 0) is 25.7 Å². The van der Waals surface area contributed by atoms with E-state index in [0.29, 0.717) is 19.3 Å². The maximum absolute atomic E-state index is 11.8. The molecule has 132 valence electrons. The van der Waals surface area contributed by atoms with Crippen molar-refractivity contribution < 1.29 is 34.7 Å². The molecule has 0 rings (SSSR count). The quantitative estimate of drug-likeness (QED) is 0.285. The van der Waals surface area contributed by atoms with Crippen LogP contribution in [0.3, 0.4) is 0 Å². The first kappa shape index (κ1) is 21.3. The molecular weight excluding hydrogens is 336 g/mol. The van der Waals surface area contributed by atoms with Crippen LogP contribution in [0.5, 0.6) is 0 Å². The zero-order valence-electron chi connectivity index (χ0n) is 13.1. The van der Waals surface area contributed by atoms with Gasteiger partial charge >= 0.3 is 5.97 Å². The molecule has 0 aliphatic heterocycles. The van der Waals surface area contributed by atoms with Crippen LogP contribution in [-0.4, -0.2) is 54.6 Å². The average molecular weight is 360 g/mol. The van der Waals surface area contributed by atoms with E-state index in [1.165, 1.54) is 0 Å². The number of esters is 1. The standard InChI is InChI=1S/C12H24O8S2/c1-4-5-9-18-12(13)11(20-22(3,16)17)8-6-7-10-19-21(2,14)15/h11H,4-10H2,1-3H3. The summed E-state index contributed by atoms with van der Waals surface area (Å²) in [5, 5.41) is 0. The molecule has 8 nitrogen and oxygen atoms in total. The molecule has 0 heterocycles. The van der Waals surface area contributed by atoms with Gasteiger partial charge in [-0.15, -0.1) is 0 Å². The van der Waals surface area contributed by atoms with Crippen molar-refractivity contribution in [3.63, 3.8) is 0 Å². The lowest BCUT2D eigenvalue weighted by Crippen LogP contribution is -2.29. The molecule has 22 heavy (non-hydrogen) atoms. The largest absolute Gasteiger partial charge is 0.464 e. The van der Waals surface area contributed by atoms with Gasteiger partial charge in [-0.25, -0.2) is 4.79 Å². The number of unbranched alkanes of at least 4 members (excludes halogenated alkanes) is 2. The highest BCUT2D eigenvalue weighted by Gasteiger charge is 2.25. The third kappa shape index (κ3) is 13.0. The first-order valence-electron chi connectivity index (χ1n) is 6.94. The van der Waals surface area contributed by atoms with Crippen LogP contribution < -0.4 is 0 Å². The Labute approximate surface area is 132 Å². The molecular formula is C12H24O8S2. The molecule has 0 spiro atoms. The smallest absolute Gasteiger partial charge is 0.336 e. The highest BCUT2D eigenvalue weighted by atomic mass is 32.2. The van der Waals surface area contributed by atoms with Crippen LogP contribution in [0.2, 0.25) is 0 Å². The average Bonchev–Trinajstić information content (AvgIpc) is 2.34. The molecule has 10 heteroatoms. The van der Waals surface area contributed by atoms with Crippen LogP contribution in [-0.2, 0) is 38.1 Å². The fraction of sp³-hybridized carbons (Fsp3) is 0.917. The Bertz CT molecular complexity index is 523. The molecule has 0 saturated carbocycles. The van der Waals surface area contributed by atoms with Gasteiger partial charge in [-0.3, -0.25) is 8.37 Å². The van der Waals surface area contributed by atoms with Gasteiger partial charge in [0.25, 0.3) is 20.2 Å². The van der Waals surface area contributed by atoms with Crippen LogP contribution in [0, 0.1) is 0 Å². The zero-order valence-corrected chi connectivity index (χ0v) is 14.7. The van der Waals surface area contributed by atoms with Crippen LogP contribution in [0.15, 0.2) is 0 Å². The number of hydrogen-bond acceptors (Lipinski definition) is 8. The zero-order chi connectivity index (χ0) is 17.2. The summed E-state index contributed by atoms with van der Waals surface area (Å²) in [6, 6.07) is 0. The first-order chi connectivity index (χ1) is 10.0. The molecule has 0 saturated heterocycles. The van der Waals surface area contributed by atoms with Crippen molar-refractivity contribution in [2.24, 2.45) is 0 Å². The molecule has 0 aromatic heterocycles. The number of rotatable bonds is 12. The SMILES string of the molecule is CCCCOC(=O)C(CCCCOS(C)(=O)=O)OS(C)(=O)=O. The highest BCUT2D eigenvalue weighted by Crippen LogP contribution is 2.11. The van der Waals surface area contributed by atoms with Gasteiger partial charge < -0.3 is 4.74 Å². The topological polar surface area (TPSA) is 113 Å². The van der Waals surface area contributed by atoms with Gasteiger partial charge in [0.15, 0.2) is 6.10 Å². The van der Waals surface area contributed by atoms with E-state index < -0.39 is 32.3 Å². The first-order valence-corrected chi connectivity index (χ1v) is 10.6. The normalized spacial score (nSPS) is 13.8. The lowest BCUT2D eigenvalue weighted by Gasteiger charge is -2.15. The Morgan fingerprint density at radius 1 is 0.955 bits per heavy atom. The van der Waals surface area contributed by atoms with Crippen molar-refractivity contribution in [1.82, 2.24) is 0 Å². The van der Waals surface area contributed by atoms with Crippen LogP contribution in [0.1, 0.15) is 39.0 Å². The van der Waals surface area contributed by atoms with E-state index in [1.807, 2.05) is 6.92 Å². The van der Waals surface area contributed by atoms with Crippen molar-refractivity contribution in [2.45, 2.75) is 45.1 Å². The van der Waals surface area contributed by atoms with E-state index in [-0.39, 0.29) is 19.6 Å². The van der Waals surface area contributed by atoms with Crippen molar-refractivity contribution in [3.05, 3.63) is 0 Å². The van der Waals surface area contributed by atoms with E-state index in [1.54, 1.807) is 0 Å². The Hall–Kier alpha value is -0.710. The Morgan fingerprint density at radius 3 is 2.09 bits per heavy atom. The molecule has 0 radical (unpaired) electrons. The molecule has 0 bridgehead atoms. The number of hydrogen-bond donors (Lipinski definition) is 0. The number of carbonyl (C=O) groups is 1. The highest BCUT2D eigenvalue weighted by molar-refractivity contribution is 7.86. The number of ether oxygens (including phenoxy) is 1. The van der Waals surface area contributed by atoms with Gasteiger partial charge in [-0.1, -0.05) is 13.3 Å². The molecule has 0 aromatic carbocycles. The van der Waals surface area contributed by atoms with Crippen LogP contribution >= 0.6 is 0 Å². The minimum Gasteiger partial charge on any atom is -0.464 e. The molecule has 0 amide bonds. The van der Waals surface area contributed by atoms with Gasteiger partial charge in [0.05, 0.1) is 25.7 Å². The second-order valence-corrected chi connectivity index (χ2v) is 8.08. The summed E-state index contributed by atoms with van der Waals surface area (Å²) in [7, 11) is -7.30. The third-order valence-electron chi connectivity index (χ3n) is 2.45. The van der Waals surface area contributed by atoms with Gasteiger partial charge in [-0.2, -0.15) is 16.8 Å². The summed E-state index contributed by atoms with van der Waals surface area (Å²) in [5.74, 6) is -0.733. The van der Waals surface area contributed by atoms with Crippen LogP contribution in [0.4, 0.5) is 0 Å². The summed E-state index contributed by atoms with van der Waals surface area (Å²) < 4.78 is 58.1. The fourth-order valence-electron chi connectivity index (χ4n) is 1.47. The van der Waals surface area contributed by atoms with E-state index >= 15 is 0 Å². The lowest BCUT2D eigenvalue weighted by atomic mass is 10.1. The third-order valence-corrected chi connectivity index (χ3v) is 3.63. The predicted molar refractivity (Wildman–Crippen MR) is 80.2 cm³/mol. The van der Waals surface area contributed by atoms with Crippen molar-refractivity contribution in [1.29, 1.82) is 0 Å². The summed E-state index contributed by atoms with van der Waals surface area (Å²) >= 11 is 0. The Balaban J connectivity index is 4.33. The fourth-order valence-corrected chi connectivity index (χ4v) is 2.49. The summed E-state index contributed by atoms with van der Waals surface area (Å²) in [6.45, 7) is 2.10. The van der Waals surface area contributed by atoms with Gasteiger partial charge in [0, 0.05) is 0 Å². The summed E-state index contributed by atoms with van der Waals surface area (Å²) in [6.07, 6.45) is 2.90. The predicted octanol–water partition coefficient (Wildman–Crippen LogP) is 0.821. The van der Waals surface area contributed by atoms with Crippen LogP contribution in [0.25, 0.3) is 0 Å². The van der Waals surface area contributed by atoms with Gasteiger partial charge in [0.2, 0.25) is 0 Å². The van der Waals surface area contributed by atoms with E-state index in [2.05, 4.69) is 4.18 Å². The Kier molecular flexibility index (Phi) is 9.81. The Morgan fingerprint density at radius 2 is 1.59 bits per heavy atom. The summed E-state index contributed by atoms with van der Waals surface area (Å²) in [4.78, 5) is 11.8. The second-order valence-electron chi connectivity index (χ2n) is 4.83. The monoisotopic (exact) mass is 360 g/mol. The van der Waals surface area contributed by atoms with E-state index in [9.17, 15) is 21.6 Å². The summed E-state index contributed by atoms with van der Waals surface area (Å²) in [5.41, 5.74) is 0. The molecule has 0 fully saturated rings. The molecule has 1 atom stereocenters. The van der Waals surface area contributed by atoms with E-state index in [0.717, 1.165) is 18.9 Å². The molecule has 1 unspecified atom stereocenters. The van der Waals surface area contributed by atoms with Crippen molar-refractivity contribution >= 4 is 26.2 Å². The molecule has 0 aliphatic carbocycles. The van der Waals surface area contributed by atoms with Crippen molar-refractivity contribution in [2.75, 3.05) is 25.7 Å². The maximum Gasteiger partial charge on any atom is 0.336 e. The molecule has 0 aliphatic rings. The minimum atomic E-state index is -3.79. The number of carbonyl (C=O) groups excluding carboxylic acids is 1. The molecule has 0 N–H and O–H groups in total. The minimum absolute atomic E-state index is 0.0324. The lowest BCUT2D eigenvalue weighted by molar-refractivity contribution is -0.152.